The molecule has 29 heavy (non-hydrogen) atoms. The first-order valence-electron chi connectivity index (χ1n) is 9.06. The zero-order valence-electron chi connectivity index (χ0n) is 15.4. The summed E-state index contributed by atoms with van der Waals surface area (Å²) in [6, 6.07) is 12.3. The molecule has 0 saturated heterocycles. The molecule has 0 aliphatic carbocycles. The van der Waals surface area contributed by atoms with Crippen LogP contribution in [-0.2, 0) is 16.1 Å². The number of para-hydroxylation sites is 2. The smallest absolute Gasteiger partial charge is 0.374 e. The first-order valence-corrected chi connectivity index (χ1v) is 9.06. The van der Waals surface area contributed by atoms with Gasteiger partial charge in [0.15, 0.2) is 18.1 Å². The maximum absolute atomic E-state index is 12.0. The van der Waals surface area contributed by atoms with Crippen molar-refractivity contribution in [1.29, 1.82) is 0 Å². The van der Waals surface area contributed by atoms with Gasteiger partial charge in [-0.2, -0.15) is 5.10 Å². The highest BCUT2D eigenvalue weighted by Crippen LogP contribution is 2.30. The molecule has 1 unspecified atom stereocenters. The summed E-state index contributed by atoms with van der Waals surface area (Å²) in [6.07, 6.45) is 3.12. The standard InChI is InChI=1S/C20H19N3O6/c24-19(21-10-15-12-26-16-4-1-2-5-17(16)29-15)13-27-20(25)18-7-6-14(28-18)11-23-9-3-8-22-23/h1-9,15H,10-13H2,(H,21,24). The Bertz CT molecular complexity index is 982. The number of nitrogens with zero attached hydrogens (tertiary/aromatic N) is 2. The van der Waals surface area contributed by atoms with E-state index in [0.29, 0.717) is 30.4 Å². The molecule has 1 aliphatic heterocycles. The van der Waals surface area contributed by atoms with Gasteiger partial charge >= 0.3 is 5.97 Å². The Balaban J connectivity index is 1.20. The number of carbonyl (C=O) groups excluding carboxylic acids is 2. The largest absolute Gasteiger partial charge is 0.486 e. The monoisotopic (exact) mass is 397 g/mol. The molecule has 0 radical (unpaired) electrons. The van der Waals surface area contributed by atoms with Crippen molar-refractivity contribution in [2.24, 2.45) is 0 Å². The summed E-state index contributed by atoms with van der Waals surface area (Å²) >= 11 is 0. The lowest BCUT2D eigenvalue weighted by molar-refractivity contribution is -0.124. The summed E-state index contributed by atoms with van der Waals surface area (Å²) in [7, 11) is 0. The van der Waals surface area contributed by atoms with Gasteiger partial charge in [-0.1, -0.05) is 12.1 Å². The highest BCUT2D eigenvalue weighted by Gasteiger charge is 2.21. The quantitative estimate of drug-likeness (QED) is 0.604. The summed E-state index contributed by atoms with van der Waals surface area (Å²) in [5, 5.41) is 6.73. The normalized spacial score (nSPS) is 15.0. The fourth-order valence-corrected chi connectivity index (χ4v) is 2.77. The van der Waals surface area contributed by atoms with Crippen LogP contribution in [0.25, 0.3) is 0 Å². The Hall–Kier alpha value is -3.75. The van der Waals surface area contributed by atoms with E-state index in [-0.39, 0.29) is 18.4 Å². The maximum atomic E-state index is 12.0. The van der Waals surface area contributed by atoms with Crippen LogP contribution in [0.2, 0.25) is 0 Å². The third-order valence-electron chi connectivity index (χ3n) is 4.17. The minimum atomic E-state index is -0.710. The van der Waals surface area contributed by atoms with Crippen molar-refractivity contribution in [3.63, 3.8) is 0 Å². The molecule has 3 heterocycles. The van der Waals surface area contributed by atoms with Crippen LogP contribution < -0.4 is 14.8 Å². The summed E-state index contributed by atoms with van der Waals surface area (Å²) in [5.74, 6) is 0.741. The zero-order valence-corrected chi connectivity index (χ0v) is 15.4. The number of furan rings is 1. The summed E-state index contributed by atoms with van der Waals surface area (Å²) in [5.41, 5.74) is 0. The molecule has 150 valence electrons. The van der Waals surface area contributed by atoms with Crippen molar-refractivity contribution in [3.05, 3.63) is 66.4 Å². The molecule has 9 heteroatoms. The van der Waals surface area contributed by atoms with Crippen LogP contribution >= 0.6 is 0 Å². The molecule has 4 rings (SSSR count). The fourth-order valence-electron chi connectivity index (χ4n) is 2.77. The van der Waals surface area contributed by atoms with Crippen LogP contribution in [-0.4, -0.2) is 47.5 Å². The number of esters is 1. The SMILES string of the molecule is O=C(COC(=O)c1ccc(Cn2cccn2)o1)NCC1COc2ccccc2O1. The molecule has 0 spiro atoms. The molecular weight excluding hydrogens is 378 g/mol. The second-order valence-corrected chi connectivity index (χ2v) is 6.35. The van der Waals surface area contributed by atoms with Crippen molar-refractivity contribution in [1.82, 2.24) is 15.1 Å². The number of rotatable bonds is 7. The molecule has 1 amide bonds. The number of amides is 1. The second-order valence-electron chi connectivity index (χ2n) is 6.35. The van der Waals surface area contributed by atoms with Crippen LogP contribution in [0.4, 0.5) is 0 Å². The van der Waals surface area contributed by atoms with E-state index >= 15 is 0 Å². The molecule has 0 fully saturated rings. The minimum absolute atomic E-state index is 0.0283. The number of hydrogen-bond donors (Lipinski definition) is 1. The van der Waals surface area contributed by atoms with Crippen molar-refractivity contribution in [2.75, 3.05) is 19.8 Å². The topological polar surface area (TPSA) is 105 Å². The Morgan fingerprint density at radius 2 is 2.03 bits per heavy atom. The Labute approximate surface area is 166 Å². The molecule has 2 aromatic heterocycles. The highest BCUT2D eigenvalue weighted by molar-refractivity contribution is 5.88. The van der Waals surface area contributed by atoms with Crippen LogP contribution in [0, 0.1) is 0 Å². The zero-order chi connectivity index (χ0) is 20.1. The van der Waals surface area contributed by atoms with Crippen LogP contribution in [0.1, 0.15) is 16.3 Å². The van der Waals surface area contributed by atoms with Crippen molar-refractivity contribution >= 4 is 11.9 Å². The van der Waals surface area contributed by atoms with E-state index in [1.807, 2.05) is 18.2 Å². The number of aromatic nitrogens is 2. The summed E-state index contributed by atoms with van der Waals surface area (Å²) < 4.78 is 23.4. The Kier molecular flexibility index (Phi) is 5.46. The summed E-state index contributed by atoms with van der Waals surface area (Å²) in [6.45, 7) is 0.535. The molecule has 1 aliphatic rings. The molecule has 1 aromatic carbocycles. The van der Waals surface area contributed by atoms with Gasteiger partial charge in [-0.05, 0) is 30.3 Å². The predicted molar refractivity (Wildman–Crippen MR) is 99.7 cm³/mol. The number of ether oxygens (including phenoxy) is 3. The van der Waals surface area contributed by atoms with Crippen LogP contribution in [0.5, 0.6) is 11.5 Å². The van der Waals surface area contributed by atoms with Crippen LogP contribution in [0.3, 0.4) is 0 Å². The maximum Gasteiger partial charge on any atom is 0.374 e. The van der Waals surface area contributed by atoms with E-state index in [2.05, 4.69) is 10.4 Å². The van der Waals surface area contributed by atoms with Gasteiger partial charge in [0.25, 0.3) is 5.91 Å². The van der Waals surface area contributed by atoms with Crippen molar-refractivity contribution in [2.45, 2.75) is 12.6 Å². The lowest BCUT2D eigenvalue weighted by Gasteiger charge is -2.26. The van der Waals surface area contributed by atoms with Gasteiger partial charge in [0.05, 0.1) is 13.1 Å². The average molecular weight is 397 g/mol. The Morgan fingerprint density at radius 3 is 2.86 bits per heavy atom. The number of carbonyl (C=O) groups is 2. The molecule has 0 bridgehead atoms. The number of benzene rings is 1. The van der Waals surface area contributed by atoms with Crippen molar-refractivity contribution in [3.8, 4) is 11.5 Å². The van der Waals surface area contributed by atoms with E-state index in [0.717, 1.165) is 0 Å². The van der Waals surface area contributed by atoms with Gasteiger partial charge in [-0.25, -0.2) is 4.79 Å². The van der Waals surface area contributed by atoms with Gasteiger partial charge < -0.3 is 23.9 Å². The van der Waals surface area contributed by atoms with Gasteiger partial charge in [0, 0.05) is 12.4 Å². The van der Waals surface area contributed by atoms with E-state index in [1.54, 1.807) is 35.3 Å². The second kappa shape index (κ2) is 8.51. The first-order chi connectivity index (χ1) is 14.2. The molecule has 9 nitrogen and oxygen atoms in total. The van der Waals surface area contributed by atoms with Crippen LogP contribution in [0.15, 0.2) is 59.3 Å². The lowest BCUT2D eigenvalue weighted by Crippen LogP contribution is -2.42. The number of nitrogens with one attached hydrogen (secondary N) is 1. The Morgan fingerprint density at radius 1 is 1.17 bits per heavy atom. The van der Waals surface area contributed by atoms with Gasteiger partial charge in [-0.3, -0.25) is 9.48 Å². The molecule has 1 atom stereocenters. The van der Waals surface area contributed by atoms with Gasteiger partial charge in [-0.15, -0.1) is 0 Å². The van der Waals surface area contributed by atoms with Crippen molar-refractivity contribution < 1.29 is 28.2 Å². The minimum Gasteiger partial charge on any atom is -0.486 e. The van der Waals surface area contributed by atoms with E-state index in [1.165, 1.54) is 6.07 Å². The third kappa shape index (κ3) is 4.75. The van der Waals surface area contributed by atoms with E-state index in [9.17, 15) is 9.59 Å². The van der Waals surface area contributed by atoms with Gasteiger partial charge in [0.2, 0.25) is 5.76 Å². The molecule has 0 saturated carbocycles. The molecule has 3 aromatic rings. The highest BCUT2D eigenvalue weighted by atomic mass is 16.6. The predicted octanol–water partition coefficient (Wildman–Crippen LogP) is 1.64. The number of fused-ring (bicyclic) bond motifs is 1. The first kappa shape index (κ1) is 18.6. The van der Waals surface area contributed by atoms with Gasteiger partial charge in [0.1, 0.15) is 18.5 Å². The third-order valence-corrected chi connectivity index (χ3v) is 4.17. The lowest BCUT2D eigenvalue weighted by atomic mass is 10.2. The summed E-state index contributed by atoms with van der Waals surface area (Å²) in [4.78, 5) is 24.0. The molecular formula is C20H19N3O6. The number of hydrogen-bond acceptors (Lipinski definition) is 7. The average Bonchev–Trinajstić information content (AvgIpc) is 3.43. The fraction of sp³-hybridized carbons (Fsp3) is 0.250. The van der Waals surface area contributed by atoms with E-state index < -0.39 is 18.5 Å². The molecule has 1 N–H and O–H groups in total. The van der Waals surface area contributed by atoms with E-state index in [4.69, 9.17) is 18.6 Å².